The molecule has 0 heterocycles. The second-order valence-electron chi connectivity index (χ2n) is 4.10. The highest BCUT2D eigenvalue weighted by Crippen LogP contribution is 2.45. The van der Waals surface area contributed by atoms with Gasteiger partial charge in [0.15, 0.2) is 0 Å². The van der Waals surface area contributed by atoms with E-state index in [4.69, 9.17) is 5.73 Å². The number of anilines is 1. The van der Waals surface area contributed by atoms with Gasteiger partial charge in [-0.15, -0.1) is 0 Å². The van der Waals surface area contributed by atoms with Crippen LogP contribution in [0.15, 0.2) is 18.2 Å². The Morgan fingerprint density at radius 1 is 1.31 bits per heavy atom. The number of hydrogen-bond donors (Lipinski definition) is 2. The van der Waals surface area contributed by atoms with E-state index in [0.717, 1.165) is 31.0 Å². The van der Waals surface area contributed by atoms with Crippen molar-refractivity contribution >= 4 is 11.6 Å². The van der Waals surface area contributed by atoms with Crippen molar-refractivity contribution in [2.45, 2.75) is 12.8 Å². The Kier molecular flexibility index (Phi) is 2.63. The predicted octanol–water partition coefficient (Wildman–Crippen LogP) is 1.64. The average Bonchev–Trinajstić information content (AvgIpc) is 2.96. The third kappa shape index (κ3) is 2.04. The fourth-order valence-corrected chi connectivity index (χ4v) is 1.56. The molecule has 0 bridgehead atoms. The maximum Gasteiger partial charge on any atom is 0.231 e. The molecule has 0 unspecified atom stereocenters. The average molecular weight is 226 g/mol. The van der Waals surface area contributed by atoms with Crippen LogP contribution in [0.1, 0.15) is 12.8 Å². The molecule has 0 saturated heterocycles. The van der Waals surface area contributed by atoms with E-state index < -0.39 is 17.0 Å². The van der Waals surface area contributed by atoms with Gasteiger partial charge in [0, 0.05) is 18.3 Å². The summed E-state index contributed by atoms with van der Waals surface area (Å²) in [7, 11) is 0. The molecule has 0 aromatic heterocycles. The van der Waals surface area contributed by atoms with E-state index in [1.165, 1.54) is 0 Å². The second-order valence-corrected chi connectivity index (χ2v) is 4.10. The minimum absolute atomic E-state index is 0.127. The SMILES string of the molecule is NCC1(C(=O)Nc2cc(F)cc(F)c2)CC1. The molecule has 16 heavy (non-hydrogen) atoms. The molecular formula is C11H12F2N2O. The van der Waals surface area contributed by atoms with Crippen molar-refractivity contribution in [1.29, 1.82) is 0 Å². The monoisotopic (exact) mass is 226 g/mol. The lowest BCUT2D eigenvalue weighted by Gasteiger charge is -2.12. The van der Waals surface area contributed by atoms with Gasteiger partial charge in [0.25, 0.3) is 0 Å². The molecule has 3 nitrogen and oxygen atoms in total. The van der Waals surface area contributed by atoms with Gasteiger partial charge >= 0.3 is 0 Å². The Morgan fingerprint density at radius 2 is 1.88 bits per heavy atom. The summed E-state index contributed by atoms with van der Waals surface area (Å²) in [5.41, 5.74) is 5.08. The van der Waals surface area contributed by atoms with Crippen LogP contribution in [0.2, 0.25) is 0 Å². The van der Waals surface area contributed by atoms with Crippen molar-refractivity contribution in [2.24, 2.45) is 11.1 Å². The van der Waals surface area contributed by atoms with E-state index >= 15 is 0 Å². The number of carbonyl (C=O) groups excluding carboxylic acids is 1. The maximum absolute atomic E-state index is 12.9. The van der Waals surface area contributed by atoms with Crippen molar-refractivity contribution < 1.29 is 13.6 Å². The molecule has 0 radical (unpaired) electrons. The number of halogens is 2. The molecule has 2 rings (SSSR count). The van der Waals surface area contributed by atoms with Gasteiger partial charge in [0.2, 0.25) is 5.91 Å². The van der Waals surface area contributed by atoms with Gasteiger partial charge in [-0.3, -0.25) is 4.79 Å². The summed E-state index contributed by atoms with van der Waals surface area (Å²) in [4.78, 5) is 11.7. The summed E-state index contributed by atoms with van der Waals surface area (Å²) in [6.07, 6.45) is 1.46. The van der Waals surface area contributed by atoms with Crippen LogP contribution in [0.4, 0.5) is 14.5 Å². The third-order valence-corrected chi connectivity index (χ3v) is 2.85. The Bertz CT molecular complexity index is 410. The normalized spacial score (nSPS) is 16.9. The highest BCUT2D eigenvalue weighted by atomic mass is 19.1. The minimum atomic E-state index is -0.715. The molecule has 1 amide bonds. The van der Waals surface area contributed by atoms with Gasteiger partial charge in [-0.2, -0.15) is 0 Å². The zero-order valence-corrected chi connectivity index (χ0v) is 8.59. The van der Waals surface area contributed by atoms with Crippen LogP contribution in [-0.4, -0.2) is 12.5 Å². The number of hydrogen-bond acceptors (Lipinski definition) is 2. The van der Waals surface area contributed by atoms with Crippen molar-refractivity contribution in [2.75, 3.05) is 11.9 Å². The largest absolute Gasteiger partial charge is 0.329 e. The molecule has 0 spiro atoms. The predicted molar refractivity (Wildman–Crippen MR) is 55.7 cm³/mol. The number of rotatable bonds is 3. The van der Waals surface area contributed by atoms with Crippen molar-refractivity contribution in [3.8, 4) is 0 Å². The van der Waals surface area contributed by atoms with E-state index in [1.807, 2.05) is 0 Å². The molecule has 1 aromatic carbocycles. The number of amides is 1. The van der Waals surface area contributed by atoms with E-state index in [9.17, 15) is 13.6 Å². The van der Waals surface area contributed by atoms with Gasteiger partial charge in [-0.25, -0.2) is 8.78 Å². The number of benzene rings is 1. The zero-order valence-electron chi connectivity index (χ0n) is 8.59. The molecule has 5 heteroatoms. The lowest BCUT2D eigenvalue weighted by atomic mass is 10.1. The third-order valence-electron chi connectivity index (χ3n) is 2.85. The van der Waals surface area contributed by atoms with E-state index in [2.05, 4.69) is 5.32 Å². The van der Waals surface area contributed by atoms with Crippen molar-refractivity contribution in [3.63, 3.8) is 0 Å². The highest BCUT2D eigenvalue weighted by molar-refractivity contribution is 5.97. The van der Waals surface area contributed by atoms with Crippen molar-refractivity contribution in [3.05, 3.63) is 29.8 Å². The first kappa shape index (κ1) is 11.0. The zero-order chi connectivity index (χ0) is 11.8. The second kappa shape index (κ2) is 3.83. The molecular weight excluding hydrogens is 214 g/mol. The van der Waals surface area contributed by atoms with Crippen LogP contribution in [0.5, 0.6) is 0 Å². The Morgan fingerprint density at radius 3 is 2.31 bits per heavy atom. The Labute approximate surface area is 91.6 Å². The van der Waals surface area contributed by atoms with E-state index in [0.29, 0.717) is 0 Å². The first-order valence-electron chi connectivity index (χ1n) is 5.03. The van der Waals surface area contributed by atoms with Crippen LogP contribution >= 0.6 is 0 Å². The number of nitrogens with one attached hydrogen (secondary N) is 1. The topological polar surface area (TPSA) is 55.1 Å². The molecule has 1 aromatic rings. The summed E-state index contributed by atoms with van der Waals surface area (Å²) in [6.45, 7) is 0.261. The van der Waals surface area contributed by atoms with Gasteiger partial charge < -0.3 is 11.1 Å². The Balaban J connectivity index is 2.12. The molecule has 1 saturated carbocycles. The van der Waals surface area contributed by atoms with Gasteiger partial charge in [0.1, 0.15) is 11.6 Å². The van der Waals surface area contributed by atoms with Crippen LogP contribution in [0.3, 0.4) is 0 Å². The molecule has 0 aliphatic heterocycles. The standard InChI is InChI=1S/C11H12F2N2O/c12-7-3-8(13)5-9(4-7)15-10(16)11(6-14)1-2-11/h3-5H,1-2,6,14H2,(H,15,16). The summed E-state index contributed by atoms with van der Waals surface area (Å²) in [6, 6.07) is 2.91. The van der Waals surface area contributed by atoms with Gasteiger partial charge in [-0.05, 0) is 25.0 Å². The summed E-state index contributed by atoms with van der Waals surface area (Å²) >= 11 is 0. The molecule has 3 N–H and O–H groups in total. The molecule has 1 aliphatic rings. The van der Waals surface area contributed by atoms with Crippen molar-refractivity contribution in [1.82, 2.24) is 0 Å². The number of nitrogens with two attached hydrogens (primary N) is 1. The number of carbonyl (C=O) groups is 1. The minimum Gasteiger partial charge on any atom is -0.329 e. The highest BCUT2D eigenvalue weighted by Gasteiger charge is 2.48. The molecule has 1 aliphatic carbocycles. The van der Waals surface area contributed by atoms with Crippen LogP contribution < -0.4 is 11.1 Å². The lowest BCUT2D eigenvalue weighted by molar-refractivity contribution is -0.120. The smallest absolute Gasteiger partial charge is 0.231 e. The molecule has 1 fully saturated rings. The van der Waals surface area contributed by atoms with Crippen LogP contribution in [0.25, 0.3) is 0 Å². The molecule has 0 atom stereocenters. The lowest BCUT2D eigenvalue weighted by Crippen LogP contribution is -2.30. The molecule has 86 valence electrons. The maximum atomic E-state index is 12.9. The fraction of sp³-hybridized carbons (Fsp3) is 0.364. The first-order chi connectivity index (χ1) is 7.55. The summed E-state index contributed by atoms with van der Waals surface area (Å²) in [5.74, 6) is -1.69. The van der Waals surface area contributed by atoms with Gasteiger partial charge in [-0.1, -0.05) is 0 Å². The van der Waals surface area contributed by atoms with E-state index in [-0.39, 0.29) is 18.1 Å². The van der Waals surface area contributed by atoms with E-state index in [1.54, 1.807) is 0 Å². The first-order valence-corrected chi connectivity index (χ1v) is 5.03. The fourth-order valence-electron chi connectivity index (χ4n) is 1.56. The van der Waals surface area contributed by atoms with Gasteiger partial charge in [0.05, 0.1) is 5.41 Å². The van der Waals surface area contributed by atoms with Crippen LogP contribution in [-0.2, 0) is 4.79 Å². The summed E-state index contributed by atoms with van der Waals surface area (Å²) in [5, 5.41) is 2.48. The van der Waals surface area contributed by atoms with Crippen LogP contribution in [0, 0.1) is 17.0 Å². The Hall–Kier alpha value is -1.49. The summed E-state index contributed by atoms with van der Waals surface area (Å²) < 4.78 is 25.7. The quantitative estimate of drug-likeness (QED) is 0.823.